The summed E-state index contributed by atoms with van der Waals surface area (Å²) in [6.45, 7) is 4.37. The summed E-state index contributed by atoms with van der Waals surface area (Å²) < 4.78 is 0. The second-order valence-corrected chi connectivity index (χ2v) is 5.80. The largest absolute Gasteiger partial charge is 0.353 e. The van der Waals surface area contributed by atoms with E-state index >= 15 is 0 Å². The molecule has 1 N–H and O–H groups in total. The van der Waals surface area contributed by atoms with Crippen molar-refractivity contribution in [3.8, 4) is 0 Å². The second kappa shape index (κ2) is 9.41. The molecule has 106 valence electrons. The van der Waals surface area contributed by atoms with Gasteiger partial charge in [-0.05, 0) is 25.7 Å². The minimum Gasteiger partial charge on any atom is -0.353 e. The van der Waals surface area contributed by atoms with Crippen LogP contribution in [0, 0.1) is 5.92 Å². The summed E-state index contributed by atoms with van der Waals surface area (Å²) in [4.78, 5) is 12.2. The molecule has 1 saturated carbocycles. The van der Waals surface area contributed by atoms with Gasteiger partial charge in [0.15, 0.2) is 0 Å². The van der Waals surface area contributed by atoms with Crippen molar-refractivity contribution in [1.82, 2.24) is 5.32 Å². The second-order valence-electron chi connectivity index (χ2n) is 5.80. The van der Waals surface area contributed by atoms with Gasteiger partial charge in [0, 0.05) is 12.0 Å². The smallest absolute Gasteiger partial charge is 0.223 e. The monoisotopic (exact) mass is 253 g/mol. The van der Waals surface area contributed by atoms with Gasteiger partial charge in [0.25, 0.3) is 0 Å². The number of amides is 1. The van der Waals surface area contributed by atoms with E-state index in [9.17, 15) is 4.79 Å². The molecule has 1 rings (SSSR count). The van der Waals surface area contributed by atoms with Gasteiger partial charge in [0.2, 0.25) is 5.91 Å². The van der Waals surface area contributed by atoms with Crippen molar-refractivity contribution < 1.29 is 4.79 Å². The van der Waals surface area contributed by atoms with Gasteiger partial charge in [-0.25, -0.2) is 0 Å². The van der Waals surface area contributed by atoms with E-state index in [0.29, 0.717) is 11.9 Å². The fraction of sp³-hybridized carbons (Fsp3) is 0.938. The summed E-state index contributed by atoms with van der Waals surface area (Å²) in [5, 5.41) is 3.27. The number of carbonyl (C=O) groups excluding carboxylic acids is 1. The number of carbonyl (C=O) groups is 1. The molecule has 2 nitrogen and oxygen atoms in total. The fourth-order valence-corrected chi connectivity index (χ4v) is 2.90. The van der Waals surface area contributed by atoms with Crippen LogP contribution in [0.1, 0.15) is 84.5 Å². The van der Waals surface area contributed by atoms with Crippen LogP contribution in [-0.4, -0.2) is 11.9 Å². The normalized spacial score (nSPS) is 18.6. The summed E-state index contributed by atoms with van der Waals surface area (Å²) in [5.41, 5.74) is 0. The van der Waals surface area contributed by atoms with Gasteiger partial charge in [-0.15, -0.1) is 0 Å². The summed E-state index contributed by atoms with van der Waals surface area (Å²) >= 11 is 0. The molecule has 1 atom stereocenters. The summed E-state index contributed by atoms with van der Waals surface area (Å²) in [5.74, 6) is 0.574. The molecule has 1 unspecified atom stereocenters. The van der Waals surface area contributed by atoms with Crippen molar-refractivity contribution in [3.05, 3.63) is 0 Å². The van der Waals surface area contributed by atoms with Gasteiger partial charge < -0.3 is 5.32 Å². The van der Waals surface area contributed by atoms with Crippen molar-refractivity contribution in [1.29, 1.82) is 0 Å². The standard InChI is InChI=1S/C16H31NO/c1-3-5-6-8-11-14(4-2)16(18)17-15-12-9-7-10-13-15/h14-15H,3-13H2,1-2H3,(H,17,18). The van der Waals surface area contributed by atoms with E-state index in [1.54, 1.807) is 0 Å². The molecule has 1 aliphatic carbocycles. The van der Waals surface area contributed by atoms with Crippen LogP contribution in [-0.2, 0) is 4.79 Å². The molecule has 0 aromatic carbocycles. The zero-order chi connectivity index (χ0) is 13.2. The van der Waals surface area contributed by atoms with Gasteiger partial charge in [0.1, 0.15) is 0 Å². The topological polar surface area (TPSA) is 29.1 Å². The molecule has 0 heterocycles. The van der Waals surface area contributed by atoms with Crippen LogP contribution in [0.2, 0.25) is 0 Å². The van der Waals surface area contributed by atoms with Crippen molar-refractivity contribution in [2.45, 2.75) is 90.5 Å². The molecule has 0 saturated heterocycles. The molecule has 0 spiro atoms. The van der Waals surface area contributed by atoms with E-state index in [1.807, 2.05) is 0 Å². The molecule has 18 heavy (non-hydrogen) atoms. The molecule has 1 amide bonds. The SMILES string of the molecule is CCCCCCC(CC)C(=O)NC1CCCCC1. The first kappa shape index (κ1) is 15.5. The van der Waals surface area contributed by atoms with Gasteiger partial charge in [-0.1, -0.05) is 58.8 Å². The molecule has 0 aromatic rings. The molecular weight excluding hydrogens is 222 g/mol. The predicted molar refractivity (Wildman–Crippen MR) is 77.6 cm³/mol. The Labute approximate surface area is 113 Å². The third kappa shape index (κ3) is 5.88. The number of rotatable bonds is 8. The maximum absolute atomic E-state index is 12.2. The van der Waals surface area contributed by atoms with Crippen LogP contribution >= 0.6 is 0 Å². The lowest BCUT2D eigenvalue weighted by Gasteiger charge is -2.25. The summed E-state index contributed by atoms with van der Waals surface area (Å²) in [6.07, 6.45) is 13.5. The molecule has 0 aliphatic heterocycles. The lowest BCUT2D eigenvalue weighted by atomic mass is 9.93. The molecule has 0 aromatic heterocycles. The van der Waals surface area contributed by atoms with E-state index in [-0.39, 0.29) is 5.92 Å². The molecule has 1 fully saturated rings. The van der Waals surface area contributed by atoms with E-state index in [4.69, 9.17) is 0 Å². The molecule has 0 bridgehead atoms. The number of hydrogen-bond acceptors (Lipinski definition) is 1. The lowest BCUT2D eigenvalue weighted by molar-refractivity contribution is -0.126. The van der Waals surface area contributed by atoms with E-state index in [2.05, 4.69) is 19.2 Å². The van der Waals surface area contributed by atoms with Crippen molar-refractivity contribution in [3.63, 3.8) is 0 Å². The minimum atomic E-state index is 0.254. The Bertz CT molecular complexity index is 221. The highest BCUT2D eigenvalue weighted by Crippen LogP contribution is 2.19. The lowest BCUT2D eigenvalue weighted by Crippen LogP contribution is -2.39. The molecule has 2 heteroatoms. The Morgan fingerprint density at radius 1 is 1.11 bits per heavy atom. The first-order valence-electron chi connectivity index (χ1n) is 8.08. The van der Waals surface area contributed by atoms with Crippen molar-refractivity contribution in [2.75, 3.05) is 0 Å². The maximum Gasteiger partial charge on any atom is 0.223 e. The zero-order valence-corrected chi connectivity index (χ0v) is 12.3. The van der Waals surface area contributed by atoms with Crippen LogP contribution < -0.4 is 5.32 Å². The zero-order valence-electron chi connectivity index (χ0n) is 12.3. The average molecular weight is 253 g/mol. The quantitative estimate of drug-likeness (QED) is 0.637. The summed E-state index contributed by atoms with van der Waals surface area (Å²) in [6, 6.07) is 0.468. The van der Waals surface area contributed by atoms with Crippen LogP contribution in [0.4, 0.5) is 0 Å². The van der Waals surface area contributed by atoms with Crippen LogP contribution in [0.3, 0.4) is 0 Å². The summed E-state index contributed by atoms with van der Waals surface area (Å²) in [7, 11) is 0. The van der Waals surface area contributed by atoms with Crippen LogP contribution in [0.25, 0.3) is 0 Å². The Hall–Kier alpha value is -0.530. The number of hydrogen-bond donors (Lipinski definition) is 1. The number of unbranched alkanes of at least 4 members (excludes halogenated alkanes) is 3. The van der Waals surface area contributed by atoms with Crippen molar-refractivity contribution >= 4 is 5.91 Å². The average Bonchev–Trinajstić information content (AvgIpc) is 2.40. The Morgan fingerprint density at radius 2 is 1.83 bits per heavy atom. The van der Waals surface area contributed by atoms with E-state index in [0.717, 1.165) is 12.8 Å². The van der Waals surface area contributed by atoms with Gasteiger partial charge in [-0.2, -0.15) is 0 Å². The fourth-order valence-electron chi connectivity index (χ4n) is 2.90. The van der Waals surface area contributed by atoms with Gasteiger partial charge >= 0.3 is 0 Å². The molecule has 1 aliphatic rings. The Kier molecular flexibility index (Phi) is 8.11. The minimum absolute atomic E-state index is 0.254. The first-order valence-corrected chi connectivity index (χ1v) is 8.08. The third-order valence-corrected chi connectivity index (χ3v) is 4.22. The highest BCUT2D eigenvalue weighted by molar-refractivity contribution is 5.78. The van der Waals surface area contributed by atoms with Gasteiger partial charge in [-0.3, -0.25) is 4.79 Å². The Morgan fingerprint density at radius 3 is 2.44 bits per heavy atom. The maximum atomic E-state index is 12.2. The van der Waals surface area contributed by atoms with Crippen LogP contribution in [0.15, 0.2) is 0 Å². The first-order chi connectivity index (χ1) is 8.77. The van der Waals surface area contributed by atoms with E-state index < -0.39 is 0 Å². The van der Waals surface area contributed by atoms with Crippen LogP contribution in [0.5, 0.6) is 0 Å². The van der Waals surface area contributed by atoms with Crippen molar-refractivity contribution in [2.24, 2.45) is 5.92 Å². The highest BCUT2D eigenvalue weighted by Gasteiger charge is 2.20. The predicted octanol–water partition coefficient (Wildman–Crippen LogP) is 4.43. The molecular formula is C16H31NO. The molecule has 0 radical (unpaired) electrons. The number of nitrogens with one attached hydrogen (secondary N) is 1. The van der Waals surface area contributed by atoms with E-state index in [1.165, 1.54) is 57.8 Å². The highest BCUT2D eigenvalue weighted by atomic mass is 16.1. The third-order valence-electron chi connectivity index (χ3n) is 4.22. The Balaban J connectivity index is 2.22. The van der Waals surface area contributed by atoms with Gasteiger partial charge in [0.05, 0.1) is 0 Å².